The maximum atomic E-state index is 12.1. The van der Waals surface area contributed by atoms with E-state index in [1.165, 1.54) is 6.42 Å². The van der Waals surface area contributed by atoms with E-state index in [-0.39, 0.29) is 5.91 Å². The van der Waals surface area contributed by atoms with Gasteiger partial charge < -0.3 is 10.2 Å². The normalized spacial score (nSPS) is 21.5. The molecule has 3 rings (SSSR count). The van der Waals surface area contributed by atoms with E-state index < -0.39 is 0 Å². The number of aromatic nitrogens is 2. The number of carbonyl (C=O) groups excluding carboxylic acids is 1. The van der Waals surface area contributed by atoms with Crippen molar-refractivity contribution in [2.24, 2.45) is 5.92 Å². The van der Waals surface area contributed by atoms with Crippen molar-refractivity contribution in [3.63, 3.8) is 0 Å². The maximum Gasteiger partial charge on any atom is 0.270 e. The van der Waals surface area contributed by atoms with Crippen LogP contribution in [0, 0.1) is 5.92 Å². The van der Waals surface area contributed by atoms with Gasteiger partial charge in [0, 0.05) is 31.1 Å². The maximum absolute atomic E-state index is 12.1. The van der Waals surface area contributed by atoms with Crippen molar-refractivity contribution in [3.05, 3.63) is 17.1 Å². The lowest BCUT2D eigenvalue weighted by Crippen LogP contribution is -2.48. The zero-order valence-electron chi connectivity index (χ0n) is 12.4. The minimum atomic E-state index is -0.0481. The third-order valence-corrected chi connectivity index (χ3v) is 4.09. The second-order valence-corrected chi connectivity index (χ2v) is 6.23. The van der Waals surface area contributed by atoms with Crippen LogP contribution in [-0.4, -0.2) is 35.0 Å². The van der Waals surface area contributed by atoms with Gasteiger partial charge in [0.2, 0.25) is 0 Å². The smallest absolute Gasteiger partial charge is 0.270 e. The first kappa shape index (κ1) is 13.3. The Morgan fingerprint density at radius 2 is 2.20 bits per heavy atom. The first-order chi connectivity index (χ1) is 9.56. The molecule has 1 atom stereocenters. The molecule has 0 saturated carbocycles. The number of hydrogen-bond donors (Lipinski definition) is 1. The molecule has 3 heterocycles. The number of carbonyl (C=O) groups is 1. The summed E-state index contributed by atoms with van der Waals surface area (Å²) in [6.07, 6.45) is 2.85. The lowest BCUT2D eigenvalue weighted by atomic mass is 10.00. The summed E-state index contributed by atoms with van der Waals surface area (Å²) in [6.45, 7) is 8.23. The third kappa shape index (κ3) is 2.25. The van der Waals surface area contributed by atoms with Gasteiger partial charge in [-0.1, -0.05) is 13.8 Å². The van der Waals surface area contributed by atoms with Gasteiger partial charge in [-0.25, -0.2) is 9.97 Å². The van der Waals surface area contributed by atoms with Crippen molar-refractivity contribution in [2.75, 3.05) is 18.0 Å². The van der Waals surface area contributed by atoms with Crippen LogP contribution in [0.15, 0.2) is 0 Å². The van der Waals surface area contributed by atoms with E-state index in [0.29, 0.717) is 24.2 Å². The Morgan fingerprint density at radius 1 is 1.40 bits per heavy atom. The Labute approximate surface area is 119 Å². The molecule has 1 aromatic rings. The van der Waals surface area contributed by atoms with Crippen molar-refractivity contribution in [3.8, 4) is 0 Å². The lowest BCUT2D eigenvalue weighted by molar-refractivity contribution is 0.0939. The average Bonchev–Trinajstić information content (AvgIpc) is 2.37. The molecule has 5 nitrogen and oxygen atoms in total. The topological polar surface area (TPSA) is 58.1 Å². The lowest BCUT2D eigenvalue weighted by Gasteiger charge is -2.41. The third-order valence-electron chi connectivity index (χ3n) is 4.09. The summed E-state index contributed by atoms with van der Waals surface area (Å²) >= 11 is 0. The molecule has 5 heteroatoms. The summed E-state index contributed by atoms with van der Waals surface area (Å²) < 4.78 is 0. The van der Waals surface area contributed by atoms with Gasteiger partial charge in [-0.2, -0.15) is 0 Å². The highest BCUT2D eigenvalue weighted by molar-refractivity contribution is 5.96. The molecule has 1 fully saturated rings. The SMILES string of the molecule is CC(C)Cc1nc2c(c(N3CCC3C)n1)CCNC2=O. The molecule has 0 radical (unpaired) electrons. The van der Waals surface area contributed by atoms with Crippen LogP contribution in [-0.2, 0) is 12.8 Å². The van der Waals surface area contributed by atoms with Gasteiger partial charge in [0.25, 0.3) is 5.91 Å². The Balaban J connectivity index is 2.06. The quantitative estimate of drug-likeness (QED) is 0.908. The fraction of sp³-hybridized carbons (Fsp3) is 0.667. The minimum absolute atomic E-state index is 0.0481. The van der Waals surface area contributed by atoms with Crippen molar-refractivity contribution in [1.29, 1.82) is 0 Å². The molecular formula is C15H22N4O. The van der Waals surface area contributed by atoms with Crippen molar-refractivity contribution in [2.45, 2.75) is 46.1 Å². The van der Waals surface area contributed by atoms with E-state index in [4.69, 9.17) is 4.98 Å². The molecule has 1 unspecified atom stereocenters. The van der Waals surface area contributed by atoms with Crippen molar-refractivity contribution < 1.29 is 4.79 Å². The number of amides is 1. The van der Waals surface area contributed by atoms with Gasteiger partial charge in [-0.05, 0) is 25.7 Å². The fourth-order valence-corrected chi connectivity index (χ4v) is 2.84. The summed E-state index contributed by atoms with van der Waals surface area (Å²) in [4.78, 5) is 23.7. The molecule has 1 saturated heterocycles. The minimum Gasteiger partial charge on any atom is -0.353 e. The van der Waals surface area contributed by atoms with Crippen LogP contribution in [0.25, 0.3) is 0 Å². The molecular weight excluding hydrogens is 252 g/mol. The Hall–Kier alpha value is -1.65. The monoisotopic (exact) mass is 274 g/mol. The van der Waals surface area contributed by atoms with Crippen LogP contribution in [0.2, 0.25) is 0 Å². The summed E-state index contributed by atoms with van der Waals surface area (Å²) in [6, 6.07) is 0.519. The van der Waals surface area contributed by atoms with Gasteiger partial charge in [-0.15, -0.1) is 0 Å². The number of hydrogen-bond acceptors (Lipinski definition) is 4. The van der Waals surface area contributed by atoms with Gasteiger partial charge in [0.05, 0.1) is 0 Å². The number of anilines is 1. The number of nitrogens with one attached hydrogen (secondary N) is 1. The summed E-state index contributed by atoms with van der Waals surface area (Å²) in [5.74, 6) is 2.23. The van der Waals surface area contributed by atoms with Crippen molar-refractivity contribution >= 4 is 11.7 Å². The molecule has 1 aromatic heterocycles. The highest BCUT2D eigenvalue weighted by Crippen LogP contribution is 2.31. The molecule has 0 spiro atoms. The van der Waals surface area contributed by atoms with E-state index in [0.717, 1.165) is 36.6 Å². The Kier molecular flexibility index (Phi) is 3.36. The molecule has 0 aliphatic carbocycles. The first-order valence-corrected chi connectivity index (χ1v) is 7.51. The van der Waals surface area contributed by atoms with E-state index >= 15 is 0 Å². The largest absolute Gasteiger partial charge is 0.353 e. The van der Waals surface area contributed by atoms with Gasteiger partial charge in [0.15, 0.2) is 0 Å². The molecule has 0 bridgehead atoms. The van der Waals surface area contributed by atoms with Crippen LogP contribution in [0.5, 0.6) is 0 Å². The Morgan fingerprint density at radius 3 is 2.80 bits per heavy atom. The highest BCUT2D eigenvalue weighted by atomic mass is 16.1. The second kappa shape index (κ2) is 5.04. The predicted molar refractivity (Wildman–Crippen MR) is 78.0 cm³/mol. The molecule has 0 aromatic carbocycles. The van der Waals surface area contributed by atoms with Gasteiger partial charge in [-0.3, -0.25) is 4.79 Å². The molecule has 108 valence electrons. The molecule has 1 amide bonds. The first-order valence-electron chi connectivity index (χ1n) is 7.51. The predicted octanol–water partition coefficient (Wildman–Crippen LogP) is 1.56. The number of nitrogens with zero attached hydrogens (tertiary/aromatic N) is 3. The zero-order chi connectivity index (χ0) is 14.3. The standard InChI is InChI=1S/C15H22N4O/c1-9(2)8-12-17-13-11(4-6-16-15(13)20)14(18-12)19-7-5-10(19)3/h9-10H,4-8H2,1-3H3,(H,16,20). The van der Waals surface area contributed by atoms with Crippen LogP contribution in [0.4, 0.5) is 5.82 Å². The second-order valence-electron chi connectivity index (χ2n) is 6.23. The van der Waals surface area contributed by atoms with Crippen molar-refractivity contribution in [1.82, 2.24) is 15.3 Å². The van der Waals surface area contributed by atoms with Crippen LogP contribution in [0.3, 0.4) is 0 Å². The summed E-state index contributed by atoms with van der Waals surface area (Å²) in [5.41, 5.74) is 1.63. The summed E-state index contributed by atoms with van der Waals surface area (Å²) in [5, 5.41) is 2.88. The van der Waals surface area contributed by atoms with Gasteiger partial charge in [0.1, 0.15) is 17.3 Å². The van der Waals surface area contributed by atoms with Gasteiger partial charge >= 0.3 is 0 Å². The zero-order valence-corrected chi connectivity index (χ0v) is 12.4. The molecule has 1 N–H and O–H groups in total. The Bertz CT molecular complexity index is 541. The fourth-order valence-electron chi connectivity index (χ4n) is 2.84. The molecule has 2 aliphatic rings. The van der Waals surface area contributed by atoms with Crippen LogP contribution >= 0.6 is 0 Å². The van der Waals surface area contributed by atoms with E-state index in [1.54, 1.807) is 0 Å². The van der Waals surface area contributed by atoms with Crippen LogP contribution < -0.4 is 10.2 Å². The van der Waals surface area contributed by atoms with E-state index in [2.05, 4.69) is 36.0 Å². The number of fused-ring (bicyclic) bond motifs is 1. The van der Waals surface area contributed by atoms with Crippen LogP contribution in [0.1, 0.15) is 49.1 Å². The molecule has 2 aliphatic heterocycles. The van der Waals surface area contributed by atoms with E-state index in [9.17, 15) is 4.79 Å². The summed E-state index contributed by atoms with van der Waals surface area (Å²) in [7, 11) is 0. The highest BCUT2D eigenvalue weighted by Gasteiger charge is 2.31. The van der Waals surface area contributed by atoms with E-state index in [1.807, 2.05) is 0 Å². The number of rotatable bonds is 3. The average molecular weight is 274 g/mol. The molecule has 20 heavy (non-hydrogen) atoms.